The van der Waals surface area contributed by atoms with Gasteiger partial charge < -0.3 is 13.9 Å². The van der Waals surface area contributed by atoms with Gasteiger partial charge in [0.2, 0.25) is 23.6 Å². The molecule has 2 aromatic heterocycles. The third kappa shape index (κ3) is 4.20. The first-order valence-corrected chi connectivity index (χ1v) is 9.68. The van der Waals surface area contributed by atoms with E-state index in [2.05, 4.69) is 20.3 Å². The molecule has 1 aliphatic heterocycles. The van der Waals surface area contributed by atoms with Gasteiger partial charge in [0.1, 0.15) is 6.42 Å². The minimum absolute atomic E-state index is 0.0450. The highest BCUT2D eigenvalue weighted by atomic mass is 19.3. The molecule has 8 nitrogen and oxygen atoms in total. The van der Waals surface area contributed by atoms with Crippen LogP contribution in [-0.4, -0.2) is 50.1 Å². The summed E-state index contributed by atoms with van der Waals surface area (Å²) in [6.45, 7) is 2.88. The van der Waals surface area contributed by atoms with E-state index in [0.717, 1.165) is 12.8 Å². The molecule has 1 amide bonds. The summed E-state index contributed by atoms with van der Waals surface area (Å²) >= 11 is 0. The quantitative estimate of drug-likeness (QED) is 0.785. The van der Waals surface area contributed by atoms with Crippen LogP contribution < -0.4 is 0 Å². The summed E-state index contributed by atoms with van der Waals surface area (Å²) in [6.07, 6.45) is 2.06. The molecule has 2 aliphatic rings. The van der Waals surface area contributed by atoms with Crippen molar-refractivity contribution >= 4 is 5.91 Å². The van der Waals surface area contributed by atoms with Crippen LogP contribution in [0.5, 0.6) is 0 Å². The maximum atomic E-state index is 13.3. The van der Waals surface area contributed by atoms with Crippen molar-refractivity contribution in [1.82, 2.24) is 25.2 Å². The van der Waals surface area contributed by atoms with Crippen LogP contribution in [0, 0.1) is 6.92 Å². The lowest BCUT2D eigenvalue weighted by Crippen LogP contribution is -2.38. The van der Waals surface area contributed by atoms with Gasteiger partial charge in [0.15, 0.2) is 11.6 Å². The molecule has 0 aromatic carbocycles. The Bertz CT molecular complexity index is 819. The maximum absolute atomic E-state index is 13.3. The second-order valence-corrected chi connectivity index (χ2v) is 7.69. The van der Waals surface area contributed by atoms with Gasteiger partial charge in [0.25, 0.3) is 0 Å². The topological polar surface area (TPSA) is 98.2 Å². The van der Waals surface area contributed by atoms with Crippen molar-refractivity contribution in [2.24, 2.45) is 0 Å². The van der Waals surface area contributed by atoms with Gasteiger partial charge in [-0.25, -0.2) is 8.78 Å². The lowest BCUT2D eigenvalue weighted by Gasteiger charge is -2.30. The first-order valence-electron chi connectivity index (χ1n) is 9.68. The fourth-order valence-electron chi connectivity index (χ4n) is 3.91. The standard InChI is InChI=1S/C18H23F2N5O3/c1-11-21-14(27-23-11)10-15(26)25-8-4-13(5-9-25)17-22-16(24-28-17)12-2-6-18(19,20)7-3-12/h12-13H,2-10H2,1H3. The predicted molar refractivity (Wildman–Crippen MR) is 91.7 cm³/mol. The van der Waals surface area contributed by atoms with Crippen LogP contribution in [-0.2, 0) is 11.2 Å². The summed E-state index contributed by atoms with van der Waals surface area (Å²) in [6, 6.07) is 0. The Morgan fingerprint density at radius 2 is 1.79 bits per heavy atom. The van der Waals surface area contributed by atoms with E-state index in [1.807, 2.05) is 0 Å². The number of alkyl halides is 2. The van der Waals surface area contributed by atoms with Crippen molar-refractivity contribution in [3.63, 3.8) is 0 Å². The highest BCUT2D eigenvalue weighted by Gasteiger charge is 2.37. The number of hydrogen-bond acceptors (Lipinski definition) is 7. The molecule has 2 aromatic rings. The molecule has 0 unspecified atom stereocenters. The molecule has 3 heterocycles. The number of rotatable bonds is 4. The third-order valence-corrected chi connectivity index (χ3v) is 5.61. The molecule has 0 bridgehead atoms. The largest absolute Gasteiger partial charge is 0.342 e. The van der Waals surface area contributed by atoms with Crippen molar-refractivity contribution in [2.45, 2.75) is 69.6 Å². The highest BCUT2D eigenvalue weighted by molar-refractivity contribution is 5.77. The van der Waals surface area contributed by atoms with Crippen LogP contribution in [0.2, 0.25) is 0 Å². The van der Waals surface area contributed by atoms with Gasteiger partial charge in [-0.1, -0.05) is 10.3 Å². The normalized spacial score (nSPS) is 21.2. The van der Waals surface area contributed by atoms with Gasteiger partial charge in [0.05, 0.1) is 0 Å². The Morgan fingerprint density at radius 1 is 1.07 bits per heavy atom. The number of nitrogens with zero attached hydrogens (tertiary/aromatic N) is 5. The number of aryl methyl sites for hydroxylation is 1. The Morgan fingerprint density at radius 3 is 2.43 bits per heavy atom. The van der Waals surface area contributed by atoms with E-state index < -0.39 is 5.92 Å². The number of piperidine rings is 1. The lowest BCUT2D eigenvalue weighted by molar-refractivity contribution is -0.132. The van der Waals surface area contributed by atoms with Crippen molar-refractivity contribution in [1.29, 1.82) is 0 Å². The smallest absolute Gasteiger partial charge is 0.248 e. The van der Waals surface area contributed by atoms with Gasteiger partial charge in [0, 0.05) is 37.8 Å². The van der Waals surface area contributed by atoms with Crippen LogP contribution >= 0.6 is 0 Å². The predicted octanol–water partition coefficient (Wildman–Crippen LogP) is 3.00. The Kier molecular flexibility index (Phi) is 5.11. The summed E-state index contributed by atoms with van der Waals surface area (Å²) in [7, 11) is 0. The number of carbonyl (C=O) groups excluding carboxylic acids is 1. The van der Waals surface area contributed by atoms with Crippen LogP contribution in [0.1, 0.15) is 73.8 Å². The van der Waals surface area contributed by atoms with Gasteiger partial charge in [-0.3, -0.25) is 4.79 Å². The number of carbonyl (C=O) groups is 1. The van der Waals surface area contributed by atoms with Crippen LogP contribution in [0.3, 0.4) is 0 Å². The van der Waals surface area contributed by atoms with E-state index in [0.29, 0.717) is 49.4 Å². The summed E-state index contributed by atoms with van der Waals surface area (Å²) in [5, 5.41) is 7.73. The molecule has 0 atom stereocenters. The summed E-state index contributed by atoms with van der Waals surface area (Å²) in [5.74, 6) is -0.668. The molecule has 152 valence electrons. The summed E-state index contributed by atoms with van der Waals surface area (Å²) in [5.41, 5.74) is 0. The first-order chi connectivity index (χ1) is 13.4. The minimum Gasteiger partial charge on any atom is -0.342 e. The molecular formula is C18H23F2N5O3. The Balaban J connectivity index is 1.29. The van der Waals surface area contributed by atoms with E-state index in [1.165, 1.54) is 0 Å². The molecular weight excluding hydrogens is 372 g/mol. The average Bonchev–Trinajstić information content (AvgIpc) is 3.31. The number of aromatic nitrogens is 4. The van der Waals surface area contributed by atoms with E-state index in [4.69, 9.17) is 9.05 Å². The monoisotopic (exact) mass is 395 g/mol. The second kappa shape index (κ2) is 7.56. The Hall–Kier alpha value is -2.39. The summed E-state index contributed by atoms with van der Waals surface area (Å²) in [4.78, 5) is 22.7. The van der Waals surface area contributed by atoms with E-state index in [-0.39, 0.29) is 37.0 Å². The Labute approximate surface area is 160 Å². The molecule has 1 saturated carbocycles. The second-order valence-electron chi connectivity index (χ2n) is 7.69. The number of likely N-dealkylation sites (tertiary alicyclic amines) is 1. The molecule has 10 heteroatoms. The third-order valence-electron chi connectivity index (χ3n) is 5.61. The minimum atomic E-state index is -2.57. The van der Waals surface area contributed by atoms with Gasteiger partial charge >= 0.3 is 0 Å². The zero-order valence-electron chi connectivity index (χ0n) is 15.7. The molecule has 2 fully saturated rings. The van der Waals surface area contributed by atoms with Crippen LogP contribution in [0.4, 0.5) is 8.78 Å². The average molecular weight is 395 g/mol. The molecule has 1 aliphatic carbocycles. The molecule has 4 rings (SSSR count). The van der Waals surface area contributed by atoms with Gasteiger partial charge in [-0.2, -0.15) is 9.97 Å². The maximum Gasteiger partial charge on any atom is 0.248 e. The van der Waals surface area contributed by atoms with Gasteiger partial charge in [-0.15, -0.1) is 0 Å². The van der Waals surface area contributed by atoms with Crippen LogP contribution in [0.25, 0.3) is 0 Å². The van der Waals surface area contributed by atoms with Crippen molar-refractivity contribution in [3.8, 4) is 0 Å². The van der Waals surface area contributed by atoms with Crippen LogP contribution in [0.15, 0.2) is 9.05 Å². The number of hydrogen-bond donors (Lipinski definition) is 0. The fraction of sp³-hybridized carbons (Fsp3) is 0.722. The lowest BCUT2D eigenvalue weighted by atomic mass is 9.86. The van der Waals surface area contributed by atoms with E-state index >= 15 is 0 Å². The zero-order valence-corrected chi connectivity index (χ0v) is 15.7. The highest BCUT2D eigenvalue weighted by Crippen LogP contribution is 2.40. The molecule has 1 saturated heterocycles. The molecule has 28 heavy (non-hydrogen) atoms. The fourth-order valence-corrected chi connectivity index (χ4v) is 3.91. The molecule has 0 spiro atoms. The zero-order chi connectivity index (χ0) is 19.7. The van der Waals surface area contributed by atoms with E-state index in [1.54, 1.807) is 11.8 Å². The number of halogens is 2. The van der Waals surface area contributed by atoms with Crippen molar-refractivity contribution < 1.29 is 22.6 Å². The van der Waals surface area contributed by atoms with E-state index in [9.17, 15) is 13.6 Å². The molecule has 0 N–H and O–H groups in total. The summed E-state index contributed by atoms with van der Waals surface area (Å²) < 4.78 is 37.1. The molecule has 0 radical (unpaired) electrons. The van der Waals surface area contributed by atoms with Crippen molar-refractivity contribution in [3.05, 3.63) is 23.4 Å². The SMILES string of the molecule is Cc1noc(CC(=O)N2CCC(c3nc(C4CCC(F)(F)CC4)no3)CC2)n1. The van der Waals surface area contributed by atoms with Crippen molar-refractivity contribution in [2.75, 3.05) is 13.1 Å². The first kappa shape index (κ1) is 18.9. The van der Waals surface area contributed by atoms with Gasteiger partial charge in [-0.05, 0) is 32.6 Å². The number of amides is 1.